The molecule has 2 atom stereocenters. The first-order chi connectivity index (χ1) is 11.9. The molecule has 2 aromatic rings. The van der Waals surface area contributed by atoms with E-state index >= 15 is 0 Å². The molecule has 1 aromatic carbocycles. The molecule has 1 heterocycles. The lowest BCUT2D eigenvalue weighted by molar-refractivity contribution is 0.0143. The highest BCUT2D eigenvalue weighted by Gasteiger charge is 2.38. The van der Waals surface area contributed by atoms with Gasteiger partial charge in [-0.3, -0.25) is 0 Å². The van der Waals surface area contributed by atoms with E-state index in [1.807, 2.05) is 18.4 Å². The number of aromatic nitrogens is 2. The molecule has 134 valence electrons. The highest BCUT2D eigenvalue weighted by molar-refractivity contribution is 9.10. The summed E-state index contributed by atoms with van der Waals surface area (Å²) in [4.78, 5) is 8.69. The Kier molecular flexibility index (Phi) is 5.75. The maximum Gasteiger partial charge on any atom is 0.188 e. The van der Waals surface area contributed by atoms with Gasteiger partial charge in [0.1, 0.15) is 5.15 Å². The van der Waals surface area contributed by atoms with Crippen molar-refractivity contribution in [2.24, 2.45) is 0 Å². The minimum Gasteiger partial charge on any atom is -0.391 e. The molecule has 0 saturated heterocycles. The number of aliphatic hydroxyl groups excluding tert-OH is 1. The van der Waals surface area contributed by atoms with E-state index < -0.39 is 5.60 Å². The van der Waals surface area contributed by atoms with Gasteiger partial charge in [0.15, 0.2) is 5.16 Å². The van der Waals surface area contributed by atoms with Crippen LogP contribution in [-0.4, -0.2) is 26.4 Å². The van der Waals surface area contributed by atoms with E-state index in [2.05, 4.69) is 38.9 Å². The number of hydrogen-bond acceptors (Lipinski definition) is 5. The second kappa shape index (κ2) is 7.53. The average molecular weight is 444 g/mol. The molecule has 2 N–H and O–H groups in total. The SMILES string of the molecule is CSc1nc(Cl)c(CO)c(C[C@]2(O)CC[C@H](C)c3ccc(Br)cc32)n1. The summed E-state index contributed by atoms with van der Waals surface area (Å²) in [6.45, 7) is 1.93. The number of fused-ring (bicyclic) bond motifs is 1. The normalized spacial score (nSPS) is 22.7. The smallest absolute Gasteiger partial charge is 0.188 e. The number of hydrogen-bond donors (Lipinski definition) is 2. The Balaban J connectivity index is 2.08. The fourth-order valence-corrected chi connectivity index (χ4v) is 4.48. The largest absolute Gasteiger partial charge is 0.391 e. The van der Waals surface area contributed by atoms with Gasteiger partial charge in [0.2, 0.25) is 0 Å². The molecule has 1 aliphatic carbocycles. The van der Waals surface area contributed by atoms with Crippen molar-refractivity contribution in [2.75, 3.05) is 6.26 Å². The fourth-order valence-electron chi connectivity index (χ4n) is 3.44. The summed E-state index contributed by atoms with van der Waals surface area (Å²) < 4.78 is 0.937. The predicted molar refractivity (Wildman–Crippen MR) is 104 cm³/mol. The van der Waals surface area contributed by atoms with Gasteiger partial charge in [-0.05, 0) is 48.3 Å². The highest BCUT2D eigenvalue weighted by Crippen LogP contribution is 2.44. The molecule has 1 aliphatic rings. The van der Waals surface area contributed by atoms with Crippen LogP contribution in [0, 0.1) is 0 Å². The van der Waals surface area contributed by atoms with Crippen molar-refractivity contribution in [3.8, 4) is 0 Å². The van der Waals surface area contributed by atoms with Crippen LogP contribution in [-0.2, 0) is 18.6 Å². The summed E-state index contributed by atoms with van der Waals surface area (Å²) in [6.07, 6.45) is 3.71. The van der Waals surface area contributed by atoms with Gasteiger partial charge >= 0.3 is 0 Å². The number of benzene rings is 1. The van der Waals surface area contributed by atoms with E-state index in [1.54, 1.807) is 0 Å². The van der Waals surface area contributed by atoms with Crippen LogP contribution in [0.3, 0.4) is 0 Å². The molecule has 0 bridgehead atoms. The van der Waals surface area contributed by atoms with Crippen molar-refractivity contribution in [3.63, 3.8) is 0 Å². The summed E-state index contributed by atoms with van der Waals surface area (Å²) >= 11 is 11.1. The van der Waals surface area contributed by atoms with Gasteiger partial charge in [-0.25, -0.2) is 9.97 Å². The van der Waals surface area contributed by atoms with Crippen molar-refractivity contribution in [3.05, 3.63) is 50.2 Å². The Morgan fingerprint density at radius 3 is 2.84 bits per heavy atom. The molecule has 7 heteroatoms. The first-order valence-corrected chi connectivity index (χ1v) is 10.5. The number of aliphatic hydroxyl groups is 2. The maximum absolute atomic E-state index is 11.5. The molecule has 25 heavy (non-hydrogen) atoms. The van der Waals surface area contributed by atoms with Gasteiger partial charge in [0, 0.05) is 16.5 Å². The summed E-state index contributed by atoms with van der Waals surface area (Å²) in [5, 5.41) is 22.0. The summed E-state index contributed by atoms with van der Waals surface area (Å²) in [6, 6.07) is 6.07. The van der Waals surface area contributed by atoms with Crippen LogP contribution >= 0.6 is 39.3 Å². The number of thioether (sulfide) groups is 1. The zero-order chi connectivity index (χ0) is 18.2. The van der Waals surface area contributed by atoms with E-state index in [4.69, 9.17) is 11.6 Å². The van der Waals surface area contributed by atoms with Crippen molar-refractivity contribution >= 4 is 39.3 Å². The third-order valence-electron chi connectivity index (χ3n) is 4.86. The molecule has 3 rings (SSSR count). The Bertz CT molecular complexity index is 805. The summed E-state index contributed by atoms with van der Waals surface area (Å²) in [7, 11) is 0. The Morgan fingerprint density at radius 1 is 1.40 bits per heavy atom. The van der Waals surface area contributed by atoms with Crippen LogP contribution < -0.4 is 0 Å². The lowest BCUT2D eigenvalue weighted by atomic mass is 9.72. The molecule has 0 amide bonds. The van der Waals surface area contributed by atoms with Crippen LogP contribution in [0.5, 0.6) is 0 Å². The van der Waals surface area contributed by atoms with E-state index in [1.165, 1.54) is 11.8 Å². The monoisotopic (exact) mass is 442 g/mol. The first kappa shape index (κ1) is 19.1. The van der Waals surface area contributed by atoms with E-state index in [0.717, 1.165) is 22.0 Å². The van der Waals surface area contributed by atoms with E-state index in [0.29, 0.717) is 35.2 Å². The quantitative estimate of drug-likeness (QED) is 0.415. The molecular weight excluding hydrogens is 424 g/mol. The maximum atomic E-state index is 11.5. The second-order valence-corrected chi connectivity index (χ2v) is 8.51. The van der Waals surface area contributed by atoms with Gasteiger partial charge in [-0.2, -0.15) is 0 Å². The molecule has 0 unspecified atom stereocenters. The zero-order valence-corrected chi connectivity index (χ0v) is 17.2. The van der Waals surface area contributed by atoms with Crippen LogP contribution in [0.1, 0.15) is 48.1 Å². The third-order valence-corrected chi connectivity index (χ3v) is 6.21. The zero-order valence-electron chi connectivity index (χ0n) is 14.1. The number of rotatable bonds is 4. The lowest BCUT2D eigenvalue weighted by Crippen LogP contribution is -2.35. The Labute approximate surface area is 165 Å². The highest BCUT2D eigenvalue weighted by atomic mass is 79.9. The molecular formula is C18H20BrClN2O2S. The topological polar surface area (TPSA) is 66.2 Å². The van der Waals surface area contributed by atoms with Gasteiger partial charge in [0.05, 0.1) is 17.9 Å². The lowest BCUT2D eigenvalue weighted by Gasteiger charge is -2.37. The Morgan fingerprint density at radius 2 is 2.16 bits per heavy atom. The van der Waals surface area contributed by atoms with Crippen LogP contribution in [0.15, 0.2) is 27.8 Å². The van der Waals surface area contributed by atoms with Crippen molar-refractivity contribution in [2.45, 2.75) is 49.5 Å². The van der Waals surface area contributed by atoms with E-state index in [9.17, 15) is 10.2 Å². The molecule has 0 fully saturated rings. The third kappa shape index (κ3) is 3.74. The number of halogens is 2. The Hall–Kier alpha value is -0.660. The fraction of sp³-hybridized carbons (Fsp3) is 0.444. The molecule has 0 radical (unpaired) electrons. The summed E-state index contributed by atoms with van der Waals surface area (Å²) in [5.74, 6) is 0.399. The van der Waals surface area contributed by atoms with Gasteiger partial charge < -0.3 is 10.2 Å². The van der Waals surface area contributed by atoms with Crippen LogP contribution in [0.4, 0.5) is 0 Å². The molecule has 1 aromatic heterocycles. The van der Waals surface area contributed by atoms with Crippen LogP contribution in [0.2, 0.25) is 5.15 Å². The standard InChI is InChI=1S/C18H20BrClN2O2S/c1-10-5-6-18(24,14-7-11(19)3-4-12(10)14)8-15-13(9-23)16(20)22-17(21-15)25-2/h3-4,7,10,23-24H,5-6,8-9H2,1-2H3/t10-,18+/m0/s1. The van der Waals surface area contributed by atoms with Crippen molar-refractivity contribution in [1.82, 2.24) is 9.97 Å². The van der Waals surface area contributed by atoms with Crippen molar-refractivity contribution in [1.29, 1.82) is 0 Å². The van der Waals surface area contributed by atoms with Crippen molar-refractivity contribution < 1.29 is 10.2 Å². The second-order valence-electron chi connectivity index (χ2n) is 6.46. The minimum atomic E-state index is -1.04. The molecule has 0 saturated carbocycles. The first-order valence-electron chi connectivity index (χ1n) is 8.10. The average Bonchev–Trinajstić information content (AvgIpc) is 2.58. The van der Waals surface area contributed by atoms with Gasteiger partial charge in [-0.15, -0.1) is 0 Å². The van der Waals surface area contributed by atoms with Crippen LogP contribution in [0.25, 0.3) is 0 Å². The molecule has 4 nitrogen and oxygen atoms in total. The summed E-state index contributed by atoms with van der Waals surface area (Å²) in [5.41, 5.74) is 2.14. The predicted octanol–water partition coefficient (Wildman–Crippen LogP) is 4.43. The van der Waals surface area contributed by atoms with Gasteiger partial charge in [0.25, 0.3) is 0 Å². The molecule has 0 spiro atoms. The molecule has 0 aliphatic heterocycles. The van der Waals surface area contributed by atoms with E-state index in [-0.39, 0.29) is 11.8 Å². The van der Waals surface area contributed by atoms with Gasteiger partial charge in [-0.1, -0.05) is 52.3 Å². The number of nitrogens with zero attached hydrogens (tertiary/aromatic N) is 2. The minimum absolute atomic E-state index is 0.249.